The number of aromatic hydroxyl groups is 1. The summed E-state index contributed by atoms with van der Waals surface area (Å²) in [6.07, 6.45) is 4.57. The Labute approximate surface area is 56.6 Å². The Bertz CT molecular complexity index is 355. The van der Waals surface area contributed by atoms with Crippen molar-refractivity contribution in [2.75, 3.05) is 0 Å². The minimum Gasteiger partial charge on any atom is -0.504 e. The van der Waals surface area contributed by atoms with Crippen LogP contribution in [-0.2, 0) is 0 Å². The molecule has 0 atom stereocenters. The zero-order valence-electron chi connectivity index (χ0n) is 5.07. The van der Waals surface area contributed by atoms with Crippen molar-refractivity contribution < 1.29 is 5.11 Å². The molecule has 0 radical (unpaired) electrons. The first kappa shape index (κ1) is 5.22. The molecule has 0 fully saturated rings. The third kappa shape index (κ3) is 0.556. The maximum Gasteiger partial charge on any atom is 0.161 e. The van der Waals surface area contributed by atoms with Crippen LogP contribution in [0.5, 0.6) is 5.75 Å². The quantitative estimate of drug-likeness (QED) is 0.557. The average molecular weight is 135 g/mol. The normalized spacial score (nSPS) is 10.4. The molecule has 2 aromatic heterocycles. The third-order valence-electron chi connectivity index (χ3n) is 1.29. The number of aromatic amines is 1. The molecule has 2 N–H and O–H groups in total. The van der Waals surface area contributed by atoms with E-state index in [9.17, 15) is 0 Å². The van der Waals surface area contributed by atoms with E-state index in [0.29, 0.717) is 11.2 Å². The second-order valence-electron chi connectivity index (χ2n) is 1.93. The van der Waals surface area contributed by atoms with Crippen molar-refractivity contribution >= 4 is 11.2 Å². The SMILES string of the molecule is Oc1c[nH]c2nccnc12. The molecule has 0 aliphatic rings. The molecular formula is C6H5N3O. The van der Waals surface area contributed by atoms with E-state index < -0.39 is 0 Å². The molecule has 4 heteroatoms. The molecular weight excluding hydrogens is 130 g/mol. The molecule has 0 bridgehead atoms. The summed E-state index contributed by atoms with van der Waals surface area (Å²) in [5.41, 5.74) is 1.13. The summed E-state index contributed by atoms with van der Waals surface area (Å²) in [5, 5.41) is 9.08. The summed E-state index contributed by atoms with van der Waals surface area (Å²) in [5.74, 6) is 0.142. The fraction of sp³-hybridized carbons (Fsp3) is 0. The highest BCUT2D eigenvalue weighted by Crippen LogP contribution is 2.17. The monoisotopic (exact) mass is 135 g/mol. The zero-order chi connectivity index (χ0) is 6.97. The van der Waals surface area contributed by atoms with Gasteiger partial charge in [-0.2, -0.15) is 0 Å². The molecule has 2 heterocycles. The van der Waals surface area contributed by atoms with Gasteiger partial charge in [0, 0.05) is 18.6 Å². The van der Waals surface area contributed by atoms with Crippen LogP contribution in [-0.4, -0.2) is 20.1 Å². The van der Waals surface area contributed by atoms with Crippen LogP contribution in [0.1, 0.15) is 0 Å². The fourth-order valence-corrected chi connectivity index (χ4v) is 0.836. The highest BCUT2D eigenvalue weighted by Gasteiger charge is 2.00. The predicted molar refractivity (Wildman–Crippen MR) is 35.6 cm³/mol. The van der Waals surface area contributed by atoms with E-state index in [0.717, 1.165) is 0 Å². The molecule has 0 aliphatic heterocycles. The number of H-pyrrole nitrogens is 1. The molecule has 0 unspecified atom stereocenters. The van der Waals surface area contributed by atoms with Crippen molar-refractivity contribution in [1.29, 1.82) is 0 Å². The van der Waals surface area contributed by atoms with E-state index in [4.69, 9.17) is 5.11 Å². The molecule has 50 valence electrons. The summed E-state index contributed by atoms with van der Waals surface area (Å²) in [6, 6.07) is 0. The third-order valence-corrected chi connectivity index (χ3v) is 1.29. The van der Waals surface area contributed by atoms with E-state index >= 15 is 0 Å². The number of hydrogen-bond acceptors (Lipinski definition) is 3. The van der Waals surface area contributed by atoms with Crippen LogP contribution >= 0.6 is 0 Å². The second kappa shape index (κ2) is 1.70. The Morgan fingerprint density at radius 2 is 2.10 bits per heavy atom. The van der Waals surface area contributed by atoms with Gasteiger partial charge in [0.15, 0.2) is 11.4 Å². The van der Waals surface area contributed by atoms with Gasteiger partial charge in [0.05, 0.1) is 0 Å². The lowest BCUT2D eigenvalue weighted by Crippen LogP contribution is -1.76. The Hall–Kier alpha value is -1.58. The van der Waals surface area contributed by atoms with Crippen LogP contribution in [0.15, 0.2) is 18.6 Å². The van der Waals surface area contributed by atoms with Crippen molar-refractivity contribution in [1.82, 2.24) is 15.0 Å². The maximum absolute atomic E-state index is 9.08. The van der Waals surface area contributed by atoms with E-state index in [2.05, 4.69) is 15.0 Å². The molecule has 0 amide bonds. The van der Waals surface area contributed by atoms with Gasteiger partial charge in [0.1, 0.15) is 5.52 Å². The van der Waals surface area contributed by atoms with Gasteiger partial charge in [-0.3, -0.25) is 0 Å². The van der Waals surface area contributed by atoms with Gasteiger partial charge in [-0.05, 0) is 0 Å². The first-order chi connectivity index (χ1) is 4.88. The van der Waals surface area contributed by atoms with Gasteiger partial charge in [-0.1, -0.05) is 0 Å². The van der Waals surface area contributed by atoms with Crippen LogP contribution in [0.25, 0.3) is 11.2 Å². The number of aromatic nitrogens is 3. The van der Waals surface area contributed by atoms with Gasteiger partial charge in [0.2, 0.25) is 0 Å². The van der Waals surface area contributed by atoms with Crippen LogP contribution < -0.4 is 0 Å². The van der Waals surface area contributed by atoms with E-state index in [1.807, 2.05) is 0 Å². The smallest absolute Gasteiger partial charge is 0.161 e. The Morgan fingerprint density at radius 1 is 1.30 bits per heavy atom. The fourth-order valence-electron chi connectivity index (χ4n) is 0.836. The Balaban J connectivity index is 2.93. The average Bonchev–Trinajstić information content (AvgIpc) is 2.34. The summed E-state index contributed by atoms with van der Waals surface area (Å²) < 4.78 is 0. The summed E-state index contributed by atoms with van der Waals surface area (Å²) >= 11 is 0. The van der Waals surface area contributed by atoms with Gasteiger partial charge in [-0.25, -0.2) is 9.97 Å². The van der Waals surface area contributed by atoms with Crippen LogP contribution in [0.4, 0.5) is 0 Å². The van der Waals surface area contributed by atoms with Crippen LogP contribution in [0.2, 0.25) is 0 Å². The maximum atomic E-state index is 9.08. The molecule has 0 saturated heterocycles. The topological polar surface area (TPSA) is 61.8 Å². The van der Waals surface area contributed by atoms with Crippen molar-refractivity contribution in [3.05, 3.63) is 18.6 Å². The molecule has 0 spiro atoms. The molecule has 0 saturated carbocycles. The number of nitrogens with one attached hydrogen (secondary N) is 1. The Kier molecular flexibility index (Phi) is 0.887. The number of fused-ring (bicyclic) bond motifs is 1. The van der Waals surface area contributed by atoms with Crippen molar-refractivity contribution in [3.63, 3.8) is 0 Å². The van der Waals surface area contributed by atoms with Crippen LogP contribution in [0.3, 0.4) is 0 Å². The van der Waals surface area contributed by atoms with Gasteiger partial charge in [-0.15, -0.1) is 0 Å². The lowest BCUT2D eigenvalue weighted by Gasteiger charge is -1.84. The van der Waals surface area contributed by atoms with Crippen molar-refractivity contribution in [3.8, 4) is 5.75 Å². The standard InChI is InChI=1S/C6H5N3O/c10-4-3-9-6-5(4)7-1-2-8-6/h1-3,10H,(H,8,9). The molecule has 0 aromatic carbocycles. The molecule has 2 rings (SSSR count). The van der Waals surface area contributed by atoms with Gasteiger partial charge >= 0.3 is 0 Å². The minimum absolute atomic E-state index is 0.142. The highest BCUT2D eigenvalue weighted by molar-refractivity contribution is 5.77. The van der Waals surface area contributed by atoms with Crippen LogP contribution in [0, 0.1) is 0 Å². The van der Waals surface area contributed by atoms with Crippen molar-refractivity contribution in [2.24, 2.45) is 0 Å². The van der Waals surface area contributed by atoms with Crippen molar-refractivity contribution in [2.45, 2.75) is 0 Å². The van der Waals surface area contributed by atoms with E-state index in [-0.39, 0.29) is 5.75 Å². The Morgan fingerprint density at radius 3 is 2.90 bits per heavy atom. The zero-order valence-corrected chi connectivity index (χ0v) is 5.07. The predicted octanol–water partition coefficient (Wildman–Crippen LogP) is 0.663. The first-order valence-corrected chi connectivity index (χ1v) is 2.85. The van der Waals surface area contributed by atoms with E-state index in [1.165, 1.54) is 12.4 Å². The summed E-state index contributed by atoms with van der Waals surface area (Å²) in [7, 11) is 0. The molecule has 0 aliphatic carbocycles. The van der Waals surface area contributed by atoms with Gasteiger partial charge in [0.25, 0.3) is 0 Å². The number of rotatable bonds is 0. The lowest BCUT2D eigenvalue weighted by atomic mass is 10.5. The van der Waals surface area contributed by atoms with E-state index in [1.54, 1.807) is 6.20 Å². The summed E-state index contributed by atoms with van der Waals surface area (Å²) in [6.45, 7) is 0. The number of hydrogen-bond donors (Lipinski definition) is 2. The molecule has 2 aromatic rings. The second-order valence-corrected chi connectivity index (χ2v) is 1.93. The summed E-state index contributed by atoms with van der Waals surface area (Å²) in [4.78, 5) is 10.6. The first-order valence-electron chi connectivity index (χ1n) is 2.85. The molecule has 10 heavy (non-hydrogen) atoms. The number of nitrogens with zero attached hydrogens (tertiary/aromatic N) is 2. The highest BCUT2D eigenvalue weighted by atomic mass is 16.3. The lowest BCUT2D eigenvalue weighted by molar-refractivity contribution is 0.480. The minimum atomic E-state index is 0.142. The largest absolute Gasteiger partial charge is 0.504 e. The van der Waals surface area contributed by atoms with Gasteiger partial charge < -0.3 is 10.1 Å². The molecule has 4 nitrogen and oxygen atoms in total.